The molecule has 2 amide bonds. The Bertz CT molecular complexity index is 263. The van der Waals surface area contributed by atoms with Crippen molar-refractivity contribution in [1.82, 2.24) is 10.6 Å². The number of nitrogens with one attached hydrogen (secondary N) is 2. The zero-order valence-electron chi connectivity index (χ0n) is 12.2. The van der Waals surface area contributed by atoms with Crippen molar-refractivity contribution < 1.29 is 14.6 Å². The Morgan fingerprint density at radius 3 is 2.63 bits per heavy atom. The van der Waals surface area contributed by atoms with Gasteiger partial charge in [-0.25, -0.2) is 4.79 Å². The molecule has 0 heterocycles. The SMILES string of the molecule is CC(C)COCCCNC(=O)NCC1(O)CCCC1. The fourth-order valence-electron chi connectivity index (χ4n) is 2.21. The van der Waals surface area contributed by atoms with E-state index in [-0.39, 0.29) is 6.03 Å². The molecule has 1 fully saturated rings. The van der Waals surface area contributed by atoms with Crippen molar-refractivity contribution in [1.29, 1.82) is 0 Å². The zero-order valence-corrected chi connectivity index (χ0v) is 12.2. The van der Waals surface area contributed by atoms with Gasteiger partial charge in [0.25, 0.3) is 0 Å². The molecule has 19 heavy (non-hydrogen) atoms. The molecule has 0 aliphatic heterocycles. The molecule has 0 saturated heterocycles. The van der Waals surface area contributed by atoms with E-state index in [1.807, 2.05) is 0 Å². The van der Waals surface area contributed by atoms with Crippen molar-refractivity contribution in [3.8, 4) is 0 Å². The topological polar surface area (TPSA) is 70.6 Å². The Balaban J connectivity index is 1.96. The Morgan fingerprint density at radius 2 is 2.00 bits per heavy atom. The quantitative estimate of drug-likeness (QED) is 0.588. The Hall–Kier alpha value is -0.810. The van der Waals surface area contributed by atoms with Gasteiger partial charge in [0.2, 0.25) is 0 Å². The lowest BCUT2D eigenvalue weighted by Gasteiger charge is -2.22. The lowest BCUT2D eigenvalue weighted by atomic mass is 10.0. The molecule has 0 spiro atoms. The first-order valence-corrected chi connectivity index (χ1v) is 7.34. The summed E-state index contributed by atoms with van der Waals surface area (Å²) in [6.07, 6.45) is 4.48. The van der Waals surface area contributed by atoms with Gasteiger partial charge in [0.15, 0.2) is 0 Å². The molecule has 112 valence electrons. The molecule has 3 N–H and O–H groups in total. The van der Waals surface area contributed by atoms with E-state index in [2.05, 4.69) is 24.5 Å². The molecular weight excluding hydrogens is 244 g/mol. The highest BCUT2D eigenvalue weighted by Gasteiger charge is 2.31. The van der Waals surface area contributed by atoms with Crippen molar-refractivity contribution in [3.63, 3.8) is 0 Å². The second kappa shape index (κ2) is 8.38. The minimum atomic E-state index is -0.683. The highest BCUT2D eigenvalue weighted by molar-refractivity contribution is 5.73. The number of urea groups is 1. The summed E-state index contributed by atoms with van der Waals surface area (Å²) in [5.74, 6) is 0.545. The Kier molecular flexibility index (Phi) is 7.16. The molecule has 0 radical (unpaired) electrons. The maximum atomic E-state index is 11.5. The van der Waals surface area contributed by atoms with E-state index in [0.717, 1.165) is 38.7 Å². The standard InChI is InChI=1S/C14H28N2O3/c1-12(2)10-19-9-5-8-15-13(17)16-11-14(18)6-3-4-7-14/h12,18H,3-11H2,1-2H3,(H2,15,16,17). The summed E-state index contributed by atoms with van der Waals surface area (Å²) in [6.45, 7) is 6.60. The predicted molar refractivity (Wildman–Crippen MR) is 75.1 cm³/mol. The molecule has 0 atom stereocenters. The van der Waals surface area contributed by atoms with Crippen molar-refractivity contribution >= 4 is 6.03 Å². The molecule has 0 bridgehead atoms. The number of amides is 2. The molecule has 0 aromatic carbocycles. The summed E-state index contributed by atoms with van der Waals surface area (Å²) < 4.78 is 5.42. The number of aliphatic hydroxyl groups is 1. The number of ether oxygens (including phenoxy) is 1. The lowest BCUT2D eigenvalue weighted by Crippen LogP contribution is -2.45. The van der Waals surface area contributed by atoms with Crippen LogP contribution in [0.1, 0.15) is 46.0 Å². The summed E-state index contributed by atoms with van der Waals surface area (Å²) in [5.41, 5.74) is -0.683. The maximum absolute atomic E-state index is 11.5. The first-order chi connectivity index (χ1) is 9.02. The fourth-order valence-corrected chi connectivity index (χ4v) is 2.21. The first kappa shape index (κ1) is 16.2. The largest absolute Gasteiger partial charge is 0.388 e. The second-order valence-corrected chi connectivity index (χ2v) is 5.86. The number of rotatable bonds is 8. The summed E-state index contributed by atoms with van der Waals surface area (Å²) in [7, 11) is 0. The van der Waals surface area contributed by atoms with Crippen LogP contribution in [0.5, 0.6) is 0 Å². The van der Waals surface area contributed by atoms with Gasteiger partial charge in [0, 0.05) is 26.3 Å². The smallest absolute Gasteiger partial charge is 0.314 e. The maximum Gasteiger partial charge on any atom is 0.314 e. The number of carbonyl (C=O) groups is 1. The van der Waals surface area contributed by atoms with Crippen LogP contribution in [0.15, 0.2) is 0 Å². The number of carbonyl (C=O) groups excluding carboxylic acids is 1. The Labute approximate surface area is 116 Å². The van der Waals surface area contributed by atoms with E-state index < -0.39 is 5.60 Å². The van der Waals surface area contributed by atoms with Crippen LogP contribution in [0, 0.1) is 5.92 Å². The van der Waals surface area contributed by atoms with Gasteiger partial charge < -0.3 is 20.5 Å². The highest BCUT2D eigenvalue weighted by Crippen LogP contribution is 2.28. The van der Waals surface area contributed by atoms with Crippen LogP contribution in [-0.4, -0.2) is 43.0 Å². The van der Waals surface area contributed by atoms with E-state index in [4.69, 9.17) is 4.74 Å². The predicted octanol–water partition coefficient (Wildman–Crippen LogP) is 1.65. The van der Waals surface area contributed by atoms with Crippen LogP contribution in [0.25, 0.3) is 0 Å². The number of hydrogen-bond acceptors (Lipinski definition) is 3. The van der Waals surface area contributed by atoms with Crippen LogP contribution < -0.4 is 10.6 Å². The lowest BCUT2D eigenvalue weighted by molar-refractivity contribution is 0.0501. The minimum Gasteiger partial charge on any atom is -0.388 e. The minimum absolute atomic E-state index is 0.204. The average Bonchev–Trinajstić information content (AvgIpc) is 2.78. The van der Waals surface area contributed by atoms with Crippen LogP contribution in [0.2, 0.25) is 0 Å². The van der Waals surface area contributed by atoms with Gasteiger partial charge in [0.05, 0.1) is 5.60 Å². The van der Waals surface area contributed by atoms with Crippen LogP contribution >= 0.6 is 0 Å². The molecule has 1 aliphatic rings. The molecule has 1 saturated carbocycles. The molecule has 1 aliphatic carbocycles. The molecule has 0 aromatic rings. The van der Waals surface area contributed by atoms with Gasteiger partial charge in [-0.3, -0.25) is 0 Å². The van der Waals surface area contributed by atoms with Crippen LogP contribution in [0.3, 0.4) is 0 Å². The van der Waals surface area contributed by atoms with Crippen LogP contribution in [-0.2, 0) is 4.74 Å². The summed E-state index contributed by atoms with van der Waals surface area (Å²) >= 11 is 0. The fraction of sp³-hybridized carbons (Fsp3) is 0.929. The Morgan fingerprint density at radius 1 is 1.32 bits per heavy atom. The molecule has 0 unspecified atom stereocenters. The van der Waals surface area contributed by atoms with Crippen LogP contribution in [0.4, 0.5) is 4.79 Å². The van der Waals surface area contributed by atoms with E-state index in [0.29, 0.717) is 25.6 Å². The van der Waals surface area contributed by atoms with E-state index in [9.17, 15) is 9.90 Å². The third-order valence-corrected chi connectivity index (χ3v) is 3.31. The van der Waals surface area contributed by atoms with Gasteiger partial charge in [-0.15, -0.1) is 0 Å². The molecule has 1 rings (SSSR count). The van der Waals surface area contributed by atoms with Crippen molar-refractivity contribution in [2.45, 2.75) is 51.6 Å². The monoisotopic (exact) mass is 272 g/mol. The summed E-state index contributed by atoms with van der Waals surface area (Å²) in [5, 5.41) is 15.6. The van der Waals surface area contributed by atoms with Gasteiger partial charge in [-0.05, 0) is 25.2 Å². The van der Waals surface area contributed by atoms with E-state index in [1.54, 1.807) is 0 Å². The van der Waals surface area contributed by atoms with Crippen molar-refractivity contribution in [2.75, 3.05) is 26.3 Å². The third-order valence-electron chi connectivity index (χ3n) is 3.31. The second-order valence-electron chi connectivity index (χ2n) is 5.86. The summed E-state index contributed by atoms with van der Waals surface area (Å²) in [4.78, 5) is 11.5. The van der Waals surface area contributed by atoms with Gasteiger partial charge in [0.1, 0.15) is 0 Å². The third kappa shape index (κ3) is 7.38. The normalized spacial score (nSPS) is 17.7. The average molecular weight is 272 g/mol. The molecule has 0 aromatic heterocycles. The zero-order chi connectivity index (χ0) is 14.1. The highest BCUT2D eigenvalue weighted by atomic mass is 16.5. The summed E-state index contributed by atoms with van der Waals surface area (Å²) in [6, 6.07) is -0.204. The van der Waals surface area contributed by atoms with E-state index >= 15 is 0 Å². The molecular formula is C14H28N2O3. The van der Waals surface area contributed by atoms with Crippen molar-refractivity contribution in [3.05, 3.63) is 0 Å². The van der Waals surface area contributed by atoms with Gasteiger partial charge in [-0.2, -0.15) is 0 Å². The van der Waals surface area contributed by atoms with Gasteiger partial charge >= 0.3 is 6.03 Å². The molecule has 5 heteroatoms. The van der Waals surface area contributed by atoms with E-state index in [1.165, 1.54) is 0 Å². The first-order valence-electron chi connectivity index (χ1n) is 7.34. The van der Waals surface area contributed by atoms with Gasteiger partial charge in [-0.1, -0.05) is 26.7 Å². The molecule has 5 nitrogen and oxygen atoms in total. The van der Waals surface area contributed by atoms with Crippen molar-refractivity contribution in [2.24, 2.45) is 5.92 Å². The number of hydrogen-bond donors (Lipinski definition) is 3.